The zero-order valence-electron chi connectivity index (χ0n) is 4.09. The van der Waals surface area contributed by atoms with Crippen LogP contribution in [0.15, 0.2) is 0 Å². The standard InChI is InChI=1S/C3H6N2O2S/c4-2-1-8(7)5-3(2)6/h2H,1,4H2,(H,5,6). The average molecular weight is 134 g/mol. The summed E-state index contributed by atoms with van der Waals surface area (Å²) in [6.07, 6.45) is 0. The molecule has 0 bridgehead atoms. The maximum atomic E-state index is 10.4. The van der Waals surface area contributed by atoms with E-state index in [1.807, 2.05) is 0 Å². The van der Waals surface area contributed by atoms with Crippen LogP contribution in [0, 0.1) is 0 Å². The van der Waals surface area contributed by atoms with E-state index in [1.165, 1.54) is 0 Å². The normalized spacial score (nSPS) is 37.4. The van der Waals surface area contributed by atoms with Gasteiger partial charge < -0.3 is 5.73 Å². The lowest BCUT2D eigenvalue weighted by Gasteiger charge is -1.88. The number of nitrogens with two attached hydrogens (primary N) is 1. The number of nitrogens with one attached hydrogen (secondary N) is 1. The number of hydrogen-bond acceptors (Lipinski definition) is 3. The zero-order chi connectivity index (χ0) is 6.15. The first kappa shape index (κ1) is 5.71. The molecule has 1 saturated heterocycles. The van der Waals surface area contributed by atoms with Crippen LogP contribution in [0.2, 0.25) is 0 Å². The molecule has 2 unspecified atom stereocenters. The van der Waals surface area contributed by atoms with Crippen LogP contribution in [-0.2, 0) is 15.8 Å². The molecule has 1 heterocycles. The van der Waals surface area contributed by atoms with E-state index in [0.717, 1.165) is 0 Å². The Hall–Kier alpha value is -0.420. The molecule has 3 N–H and O–H groups in total. The maximum Gasteiger partial charge on any atom is 0.249 e. The van der Waals surface area contributed by atoms with Crippen molar-refractivity contribution in [3.8, 4) is 0 Å². The maximum absolute atomic E-state index is 10.4. The Morgan fingerprint density at radius 3 is 2.62 bits per heavy atom. The predicted octanol–water partition coefficient (Wildman–Crippen LogP) is -1.89. The van der Waals surface area contributed by atoms with Crippen LogP contribution < -0.4 is 10.5 Å². The molecule has 0 spiro atoms. The van der Waals surface area contributed by atoms with E-state index in [1.54, 1.807) is 0 Å². The topological polar surface area (TPSA) is 72.2 Å². The lowest BCUT2D eigenvalue weighted by molar-refractivity contribution is -0.119. The minimum Gasteiger partial charge on any atom is -0.319 e. The largest absolute Gasteiger partial charge is 0.319 e. The smallest absolute Gasteiger partial charge is 0.249 e. The molecule has 0 saturated carbocycles. The van der Waals surface area contributed by atoms with E-state index >= 15 is 0 Å². The fourth-order valence-corrected chi connectivity index (χ4v) is 1.40. The van der Waals surface area contributed by atoms with Gasteiger partial charge in [0.05, 0.1) is 11.8 Å². The van der Waals surface area contributed by atoms with E-state index in [2.05, 4.69) is 4.72 Å². The summed E-state index contributed by atoms with van der Waals surface area (Å²) in [7, 11) is -1.21. The van der Waals surface area contributed by atoms with Crippen molar-refractivity contribution in [3.05, 3.63) is 0 Å². The molecule has 0 radical (unpaired) electrons. The lowest BCUT2D eigenvalue weighted by atomic mass is 10.4. The van der Waals surface area contributed by atoms with Gasteiger partial charge in [0.15, 0.2) is 0 Å². The van der Waals surface area contributed by atoms with E-state index in [0.29, 0.717) is 0 Å². The van der Waals surface area contributed by atoms with Crippen molar-refractivity contribution in [3.63, 3.8) is 0 Å². The molecule has 1 aliphatic heterocycles. The molecular formula is C3H6N2O2S. The second kappa shape index (κ2) is 1.83. The summed E-state index contributed by atoms with van der Waals surface area (Å²) in [6, 6.07) is -0.559. The highest BCUT2D eigenvalue weighted by Crippen LogP contribution is 1.92. The third-order valence-electron chi connectivity index (χ3n) is 0.882. The first-order valence-corrected chi connectivity index (χ1v) is 3.46. The van der Waals surface area contributed by atoms with Crippen LogP contribution in [0.25, 0.3) is 0 Å². The molecule has 1 fully saturated rings. The van der Waals surface area contributed by atoms with E-state index in [-0.39, 0.29) is 11.7 Å². The van der Waals surface area contributed by atoms with Gasteiger partial charge in [-0.15, -0.1) is 0 Å². The van der Waals surface area contributed by atoms with Gasteiger partial charge in [0.25, 0.3) is 0 Å². The second-order valence-corrected chi connectivity index (χ2v) is 2.81. The fraction of sp³-hybridized carbons (Fsp3) is 0.667. The van der Waals surface area contributed by atoms with Gasteiger partial charge in [-0.05, 0) is 0 Å². The van der Waals surface area contributed by atoms with Crippen molar-refractivity contribution in [1.29, 1.82) is 0 Å². The molecule has 4 nitrogen and oxygen atoms in total. The van der Waals surface area contributed by atoms with Gasteiger partial charge in [0.1, 0.15) is 11.0 Å². The molecule has 1 rings (SSSR count). The number of carbonyl (C=O) groups excluding carboxylic acids is 1. The summed E-state index contributed by atoms with van der Waals surface area (Å²) in [5, 5.41) is 0. The van der Waals surface area contributed by atoms with Crippen molar-refractivity contribution in [2.45, 2.75) is 6.04 Å². The van der Waals surface area contributed by atoms with Crippen molar-refractivity contribution in [2.24, 2.45) is 5.73 Å². The number of amides is 1. The molecule has 0 aromatic rings. The summed E-state index contributed by atoms with van der Waals surface area (Å²) < 4.78 is 12.5. The monoisotopic (exact) mass is 134 g/mol. The number of carbonyl (C=O) groups is 1. The molecular weight excluding hydrogens is 128 g/mol. The third kappa shape index (κ3) is 0.873. The highest BCUT2D eigenvalue weighted by atomic mass is 32.2. The Morgan fingerprint density at radius 1 is 1.88 bits per heavy atom. The van der Waals surface area contributed by atoms with Gasteiger partial charge in [0.2, 0.25) is 5.91 Å². The zero-order valence-corrected chi connectivity index (χ0v) is 4.90. The molecule has 2 atom stereocenters. The van der Waals surface area contributed by atoms with Crippen molar-refractivity contribution in [1.82, 2.24) is 4.72 Å². The highest BCUT2D eigenvalue weighted by molar-refractivity contribution is 7.84. The summed E-state index contributed by atoms with van der Waals surface area (Å²) in [4.78, 5) is 10.4. The number of rotatable bonds is 0. The van der Waals surface area contributed by atoms with Crippen molar-refractivity contribution >= 4 is 16.9 Å². The van der Waals surface area contributed by atoms with E-state index in [9.17, 15) is 9.00 Å². The summed E-state index contributed by atoms with van der Waals surface area (Å²) in [6.45, 7) is 0. The van der Waals surface area contributed by atoms with E-state index < -0.39 is 17.0 Å². The van der Waals surface area contributed by atoms with Gasteiger partial charge in [-0.1, -0.05) is 0 Å². The Labute approximate surface area is 49.0 Å². The van der Waals surface area contributed by atoms with Crippen molar-refractivity contribution in [2.75, 3.05) is 5.75 Å². The molecule has 46 valence electrons. The van der Waals surface area contributed by atoms with Gasteiger partial charge >= 0.3 is 0 Å². The SMILES string of the molecule is NC1CS(=O)NC1=O. The Morgan fingerprint density at radius 2 is 2.50 bits per heavy atom. The summed E-state index contributed by atoms with van der Waals surface area (Å²) in [5.74, 6) is -0.0675. The fourth-order valence-electron chi connectivity index (χ4n) is 0.468. The molecule has 8 heavy (non-hydrogen) atoms. The van der Waals surface area contributed by atoms with E-state index in [4.69, 9.17) is 5.73 Å². The quantitative estimate of drug-likeness (QED) is 0.407. The minimum absolute atomic E-state index is 0.249. The summed E-state index contributed by atoms with van der Waals surface area (Å²) >= 11 is 0. The van der Waals surface area contributed by atoms with Crippen LogP contribution in [0.1, 0.15) is 0 Å². The van der Waals surface area contributed by atoms with Crippen LogP contribution in [0.3, 0.4) is 0 Å². The van der Waals surface area contributed by atoms with Gasteiger partial charge in [-0.2, -0.15) is 0 Å². The second-order valence-electron chi connectivity index (χ2n) is 1.58. The van der Waals surface area contributed by atoms with Crippen LogP contribution in [0.5, 0.6) is 0 Å². The Kier molecular flexibility index (Phi) is 1.31. The van der Waals surface area contributed by atoms with Gasteiger partial charge in [0, 0.05) is 0 Å². The molecule has 0 aromatic carbocycles. The number of hydrogen-bond donors (Lipinski definition) is 2. The lowest BCUT2D eigenvalue weighted by Crippen LogP contribution is -2.31. The molecule has 1 amide bonds. The molecule has 0 aliphatic carbocycles. The first-order valence-electron chi connectivity index (χ1n) is 2.14. The minimum atomic E-state index is -1.21. The molecule has 0 aromatic heterocycles. The average Bonchev–Trinajstić information content (AvgIpc) is 1.85. The molecule has 5 heteroatoms. The van der Waals surface area contributed by atoms with Crippen molar-refractivity contribution < 1.29 is 9.00 Å². The third-order valence-corrected chi connectivity index (χ3v) is 1.97. The molecule has 1 aliphatic rings. The predicted molar refractivity (Wildman–Crippen MR) is 29.1 cm³/mol. The highest BCUT2D eigenvalue weighted by Gasteiger charge is 2.25. The van der Waals surface area contributed by atoms with Gasteiger partial charge in [-0.25, -0.2) is 4.21 Å². The van der Waals surface area contributed by atoms with Gasteiger partial charge in [-0.3, -0.25) is 9.52 Å². The van der Waals surface area contributed by atoms with Crippen LogP contribution in [-0.4, -0.2) is 21.9 Å². The first-order chi connectivity index (χ1) is 3.70. The Bertz CT molecular complexity index is 146. The van der Waals surface area contributed by atoms with Crippen LogP contribution >= 0.6 is 0 Å². The summed E-state index contributed by atoms with van der Waals surface area (Å²) in [5.41, 5.74) is 5.16. The van der Waals surface area contributed by atoms with Crippen LogP contribution in [0.4, 0.5) is 0 Å². The Balaban J connectivity index is 2.64.